The molecule has 2 unspecified atom stereocenters. The standard InChI is InChI=1S/C22H35F2N5O2.HI/c1-16(2)19(28-10-12-30-13-11-28)14-26-22(25-3)27-17-8-9-29(15-17)18-6-4-5-7-20(18)31-21(23)24;/h4-7,16-17,19,21H,8-15H2,1-3H3,(H2,25,26,27);1H. The molecule has 2 aliphatic heterocycles. The first kappa shape index (κ1) is 26.8. The minimum Gasteiger partial charge on any atom is -0.433 e. The topological polar surface area (TPSA) is 61.4 Å². The summed E-state index contributed by atoms with van der Waals surface area (Å²) in [4.78, 5) is 8.95. The summed E-state index contributed by atoms with van der Waals surface area (Å²) in [6, 6.07) is 7.53. The second kappa shape index (κ2) is 13.3. The van der Waals surface area contributed by atoms with Crippen LogP contribution in [0.1, 0.15) is 20.3 Å². The van der Waals surface area contributed by atoms with E-state index in [1.165, 1.54) is 0 Å². The Balaban J connectivity index is 0.00000363. The van der Waals surface area contributed by atoms with E-state index in [0.717, 1.165) is 51.8 Å². The first-order valence-electron chi connectivity index (χ1n) is 11.1. The highest BCUT2D eigenvalue weighted by atomic mass is 127. The molecule has 2 fully saturated rings. The number of morpholine rings is 1. The second-order valence-corrected chi connectivity index (χ2v) is 8.34. The van der Waals surface area contributed by atoms with Gasteiger partial charge in [0, 0.05) is 51.9 Å². The Kier molecular flexibility index (Phi) is 11.2. The molecule has 1 aromatic rings. The maximum atomic E-state index is 12.7. The van der Waals surface area contributed by atoms with Crippen LogP contribution in [0.3, 0.4) is 0 Å². The average molecular weight is 567 g/mol. The van der Waals surface area contributed by atoms with Crippen LogP contribution < -0.4 is 20.3 Å². The van der Waals surface area contributed by atoms with Gasteiger partial charge in [0.2, 0.25) is 0 Å². The maximum absolute atomic E-state index is 12.7. The molecule has 0 radical (unpaired) electrons. The number of nitrogens with one attached hydrogen (secondary N) is 2. The fourth-order valence-electron chi connectivity index (χ4n) is 4.30. The first-order chi connectivity index (χ1) is 15.0. The molecule has 3 rings (SSSR count). The Morgan fingerprint density at radius 1 is 1.22 bits per heavy atom. The number of para-hydroxylation sites is 2. The predicted octanol–water partition coefficient (Wildman–Crippen LogP) is 3.01. The molecule has 2 heterocycles. The van der Waals surface area contributed by atoms with Gasteiger partial charge in [-0.15, -0.1) is 24.0 Å². The van der Waals surface area contributed by atoms with E-state index >= 15 is 0 Å². The van der Waals surface area contributed by atoms with Crippen molar-refractivity contribution in [1.82, 2.24) is 15.5 Å². The molecule has 2 N–H and O–H groups in total. The van der Waals surface area contributed by atoms with Gasteiger partial charge in [0.1, 0.15) is 5.75 Å². The van der Waals surface area contributed by atoms with Crippen molar-refractivity contribution in [2.75, 3.05) is 57.9 Å². The summed E-state index contributed by atoms with van der Waals surface area (Å²) >= 11 is 0. The third kappa shape index (κ3) is 7.58. The molecule has 0 spiro atoms. The van der Waals surface area contributed by atoms with Crippen LogP contribution >= 0.6 is 24.0 Å². The molecular weight excluding hydrogens is 531 g/mol. The molecule has 182 valence electrons. The fraction of sp³-hybridized carbons (Fsp3) is 0.682. The lowest BCUT2D eigenvalue weighted by Crippen LogP contribution is -2.53. The molecule has 2 saturated heterocycles. The largest absolute Gasteiger partial charge is 0.433 e. The molecule has 0 bridgehead atoms. The number of hydrogen-bond acceptors (Lipinski definition) is 5. The van der Waals surface area contributed by atoms with E-state index in [2.05, 4.69) is 39.3 Å². The monoisotopic (exact) mass is 567 g/mol. The van der Waals surface area contributed by atoms with Gasteiger partial charge in [-0.25, -0.2) is 0 Å². The van der Waals surface area contributed by atoms with Crippen molar-refractivity contribution in [1.29, 1.82) is 0 Å². The van der Waals surface area contributed by atoms with Crippen molar-refractivity contribution >= 4 is 35.6 Å². The average Bonchev–Trinajstić information content (AvgIpc) is 3.22. The number of benzene rings is 1. The maximum Gasteiger partial charge on any atom is 0.387 e. The zero-order valence-corrected chi connectivity index (χ0v) is 21.4. The Bertz CT molecular complexity index is 719. The van der Waals surface area contributed by atoms with Gasteiger partial charge >= 0.3 is 6.61 Å². The van der Waals surface area contributed by atoms with Gasteiger partial charge in [-0.1, -0.05) is 26.0 Å². The van der Waals surface area contributed by atoms with Gasteiger partial charge in [-0.05, 0) is 24.5 Å². The fourth-order valence-corrected chi connectivity index (χ4v) is 4.30. The zero-order valence-electron chi connectivity index (χ0n) is 19.1. The number of nitrogens with zero attached hydrogens (tertiary/aromatic N) is 3. The molecule has 0 saturated carbocycles. The number of aliphatic imine (C=N–C) groups is 1. The number of hydrogen-bond donors (Lipinski definition) is 2. The molecule has 10 heteroatoms. The lowest BCUT2D eigenvalue weighted by atomic mass is 10.0. The van der Waals surface area contributed by atoms with Crippen LogP contribution in [0.5, 0.6) is 5.75 Å². The number of anilines is 1. The molecule has 0 aromatic heterocycles. The third-order valence-corrected chi connectivity index (χ3v) is 5.94. The second-order valence-electron chi connectivity index (χ2n) is 8.34. The van der Waals surface area contributed by atoms with Crippen LogP contribution in [0.25, 0.3) is 0 Å². The molecular formula is C22H36F2IN5O2. The summed E-state index contributed by atoms with van der Waals surface area (Å²) in [5.74, 6) is 1.49. The molecule has 0 aliphatic carbocycles. The van der Waals surface area contributed by atoms with E-state index in [9.17, 15) is 8.78 Å². The van der Waals surface area contributed by atoms with Crippen molar-refractivity contribution < 1.29 is 18.3 Å². The van der Waals surface area contributed by atoms with Crippen LogP contribution in [0.4, 0.5) is 14.5 Å². The quantitative estimate of drug-likeness (QED) is 0.286. The predicted molar refractivity (Wildman–Crippen MR) is 135 cm³/mol. The minimum absolute atomic E-state index is 0. The van der Waals surface area contributed by atoms with Gasteiger partial charge in [0.15, 0.2) is 5.96 Å². The Morgan fingerprint density at radius 3 is 2.59 bits per heavy atom. The summed E-state index contributed by atoms with van der Waals surface area (Å²) in [5, 5.41) is 6.97. The van der Waals surface area contributed by atoms with Gasteiger partial charge in [0.25, 0.3) is 0 Å². The number of guanidine groups is 1. The Labute approximate surface area is 206 Å². The number of alkyl halides is 2. The summed E-state index contributed by atoms with van der Waals surface area (Å²) in [6.07, 6.45) is 0.890. The van der Waals surface area contributed by atoms with E-state index in [0.29, 0.717) is 24.2 Å². The van der Waals surface area contributed by atoms with Crippen LogP contribution in [0.15, 0.2) is 29.3 Å². The molecule has 1 aromatic carbocycles. The number of ether oxygens (including phenoxy) is 2. The van der Waals surface area contributed by atoms with Crippen molar-refractivity contribution in [2.24, 2.45) is 10.9 Å². The van der Waals surface area contributed by atoms with Gasteiger partial charge < -0.3 is 25.0 Å². The zero-order chi connectivity index (χ0) is 22.2. The highest BCUT2D eigenvalue weighted by molar-refractivity contribution is 14.0. The summed E-state index contributed by atoms with van der Waals surface area (Å²) in [6.45, 7) is 7.39. The van der Waals surface area contributed by atoms with E-state index in [1.54, 1.807) is 19.2 Å². The van der Waals surface area contributed by atoms with E-state index < -0.39 is 6.61 Å². The minimum atomic E-state index is -2.83. The third-order valence-electron chi connectivity index (χ3n) is 5.94. The van der Waals surface area contributed by atoms with Crippen LogP contribution in [-0.4, -0.2) is 82.5 Å². The summed E-state index contributed by atoms with van der Waals surface area (Å²) < 4.78 is 35.7. The van der Waals surface area contributed by atoms with Gasteiger partial charge in [-0.3, -0.25) is 9.89 Å². The van der Waals surface area contributed by atoms with Crippen molar-refractivity contribution in [2.45, 2.75) is 39.0 Å². The SMILES string of the molecule is CN=C(NCC(C(C)C)N1CCOCC1)NC1CCN(c2ccccc2OC(F)F)C1.I. The van der Waals surface area contributed by atoms with Crippen LogP contribution in [-0.2, 0) is 4.74 Å². The smallest absolute Gasteiger partial charge is 0.387 e. The van der Waals surface area contributed by atoms with Crippen LogP contribution in [0.2, 0.25) is 0 Å². The Hall–Kier alpha value is -1.40. The van der Waals surface area contributed by atoms with Crippen molar-refractivity contribution in [3.8, 4) is 5.75 Å². The molecule has 0 amide bonds. The summed E-state index contributed by atoms with van der Waals surface area (Å²) in [5.41, 5.74) is 0.697. The molecule has 2 atom stereocenters. The Morgan fingerprint density at radius 2 is 1.94 bits per heavy atom. The summed E-state index contributed by atoms with van der Waals surface area (Å²) in [7, 11) is 1.77. The van der Waals surface area contributed by atoms with E-state index in [-0.39, 0.29) is 35.8 Å². The van der Waals surface area contributed by atoms with Gasteiger partial charge in [0.05, 0.1) is 18.9 Å². The van der Waals surface area contributed by atoms with Crippen molar-refractivity contribution in [3.63, 3.8) is 0 Å². The first-order valence-corrected chi connectivity index (χ1v) is 11.1. The van der Waals surface area contributed by atoms with E-state index in [1.807, 2.05) is 12.1 Å². The van der Waals surface area contributed by atoms with Crippen LogP contribution in [0, 0.1) is 5.92 Å². The highest BCUT2D eigenvalue weighted by Gasteiger charge is 2.27. The number of halogens is 3. The molecule has 2 aliphatic rings. The van der Waals surface area contributed by atoms with Crippen molar-refractivity contribution in [3.05, 3.63) is 24.3 Å². The molecule has 7 nitrogen and oxygen atoms in total. The lowest BCUT2D eigenvalue weighted by Gasteiger charge is -2.37. The molecule has 32 heavy (non-hydrogen) atoms. The normalized spacial score (nSPS) is 20.9. The van der Waals surface area contributed by atoms with E-state index in [4.69, 9.17) is 9.47 Å². The highest BCUT2D eigenvalue weighted by Crippen LogP contribution is 2.31. The number of rotatable bonds is 8. The lowest BCUT2D eigenvalue weighted by molar-refractivity contribution is -0.0495. The van der Waals surface area contributed by atoms with Gasteiger partial charge in [-0.2, -0.15) is 8.78 Å².